The maximum Gasteiger partial charge on any atom is 0.259 e. The van der Waals surface area contributed by atoms with Crippen LogP contribution in [0.15, 0.2) is 78.4 Å². The first-order valence-corrected chi connectivity index (χ1v) is 24.9. The first-order chi connectivity index (χ1) is 33.4. The largest absolute Gasteiger partial charge is 0.391 e. The fourth-order valence-electron chi connectivity index (χ4n) is 9.02. The van der Waals surface area contributed by atoms with Crippen molar-refractivity contribution in [1.82, 2.24) is 25.4 Å². The van der Waals surface area contributed by atoms with Gasteiger partial charge in [0, 0.05) is 68.9 Å². The highest BCUT2D eigenvalue weighted by molar-refractivity contribution is 7.81. The van der Waals surface area contributed by atoms with Gasteiger partial charge in [-0.25, -0.2) is 4.85 Å². The summed E-state index contributed by atoms with van der Waals surface area (Å²) in [6, 6.07) is 18.3. The number of aliphatic hydroxyl groups is 1. The third-order valence-corrected chi connectivity index (χ3v) is 14.2. The lowest BCUT2D eigenvalue weighted by atomic mass is 9.85. The molecule has 5 amide bonds. The van der Waals surface area contributed by atoms with E-state index in [1.165, 1.54) is 9.80 Å². The number of β-amino-alcohol motifs (C(OH)–C–C–N with tert-alkyl or cyclic N) is 1. The van der Waals surface area contributed by atoms with Crippen molar-refractivity contribution in [1.29, 1.82) is 0 Å². The van der Waals surface area contributed by atoms with Gasteiger partial charge in [0.25, 0.3) is 11.8 Å². The molecule has 0 unspecified atom stereocenters. The molecule has 0 bridgehead atoms. The Morgan fingerprint density at radius 1 is 1.00 bits per heavy atom. The molecule has 3 aliphatic rings. The van der Waals surface area contributed by atoms with E-state index in [2.05, 4.69) is 20.5 Å². The van der Waals surface area contributed by atoms with E-state index in [1.54, 1.807) is 58.3 Å². The highest BCUT2D eigenvalue weighted by atomic mass is 32.1. The number of thiocarbonyl (C=S) groups is 1. The molecule has 3 aromatic carbocycles. The number of aliphatic hydroxyl groups excluding tert-OH is 1. The van der Waals surface area contributed by atoms with Crippen LogP contribution in [0.25, 0.3) is 15.3 Å². The van der Waals surface area contributed by atoms with Crippen molar-refractivity contribution >= 4 is 75.3 Å². The lowest BCUT2D eigenvalue weighted by Crippen LogP contribution is -2.58. The number of hydrogen-bond donors (Lipinski definition) is 3. The van der Waals surface area contributed by atoms with Crippen LogP contribution in [0.2, 0.25) is 0 Å². The number of carbonyl (C=O) groups is 5. The van der Waals surface area contributed by atoms with Crippen LogP contribution in [0.4, 0.5) is 17.1 Å². The fourth-order valence-corrected chi connectivity index (χ4v) is 10.2. The molecule has 3 N–H and O–H groups in total. The predicted molar refractivity (Wildman–Crippen MR) is 272 cm³/mol. The van der Waals surface area contributed by atoms with E-state index in [0.717, 1.165) is 21.6 Å². The summed E-state index contributed by atoms with van der Waals surface area (Å²) in [5, 5.41) is 16.6. The van der Waals surface area contributed by atoms with Gasteiger partial charge in [0.1, 0.15) is 24.2 Å². The molecule has 16 nitrogen and oxygen atoms in total. The molecular formula is C52H62N8O8S2. The van der Waals surface area contributed by atoms with Crippen molar-refractivity contribution in [3.63, 3.8) is 0 Å². The fraction of sp³-hybridized carbons (Fsp3) is 0.462. The number of amides is 5. The smallest absolute Gasteiger partial charge is 0.259 e. The predicted octanol–water partition coefficient (Wildman–Crippen LogP) is 6.81. The van der Waals surface area contributed by atoms with Crippen LogP contribution in [-0.2, 0) is 35.2 Å². The Balaban J connectivity index is 0.796. The molecule has 0 saturated carbocycles. The maximum atomic E-state index is 14.0. The minimum absolute atomic E-state index is 0.0137. The Morgan fingerprint density at radius 2 is 1.69 bits per heavy atom. The van der Waals surface area contributed by atoms with E-state index in [-0.39, 0.29) is 49.9 Å². The summed E-state index contributed by atoms with van der Waals surface area (Å²) in [5.41, 5.74) is 5.12. The number of piperidine rings is 1. The molecule has 7 rings (SSSR count). The zero-order valence-electron chi connectivity index (χ0n) is 40.6. The molecule has 3 aliphatic heterocycles. The minimum Gasteiger partial charge on any atom is -0.391 e. The van der Waals surface area contributed by atoms with Crippen molar-refractivity contribution in [2.45, 2.75) is 110 Å². The second kappa shape index (κ2) is 22.3. The number of unbranched alkanes of at least 4 members (excludes halogenated alkanes) is 1. The highest BCUT2D eigenvalue weighted by Crippen LogP contribution is 2.38. The molecule has 3 fully saturated rings. The number of aromatic nitrogens is 1. The normalized spacial score (nSPS) is 18.8. The second-order valence-electron chi connectivity index (χ2n) is 19.6. The number of carbonyl (C=O) groups excluding carboxylic acids is 5. The van der Waals surface area contributed by atoms with Crippen LogP contribution in [-0.4, -0.2) is 124 Å². The van der Waals surface area contributed by atoms with Crippen molar-refractivity contribution in [3.8, 4) is 10.4 Å². The van der Waals surface area contributed by atoms with Gasteiger partial charge >= 0.3 is 0 Å². The second-order valence-corrected chi connectivity index (χ2v) is 20.9. The van der Waals surface area contributed by atoms with Gasteiger partial charge in [-0.1, -0.05) is 51.1 Å². The van der Waals surface area contributed by atoms with Crippen molar-refractivity contribution in [2.24, 2.45) is 5.41 Å². The topological polar surface area (TPSA) is 178 Å². The van der Waals surface area contributed by atoms with Gasteiger partial charge in [0.15, 0.2) is 10.8 Å². The number of likely N-dealkylation sites (tertiary alicyclic amines) is 2. The maximum absolute atomic E-state index is 14.0. The minimum atomic E-state index is -0.979. The van der Waals surface area contributed by atoms with E-state index in [4.69, 9.17) is 28.3 Å². The van der Waals surface area contributed by atoms with Crippen LogP contribution in [0.5, 0.6) is 0 Å². The zero-order chi connectivity index (χ0) is 50.3. The van der Waals surface area contributed by atoms with E-state index in [0.29, 0.717) is 79.7 Å². The first-order valence-electron chi connectivity index (χ1n) is 23.7. The number of anilines is 2. The Bertz CT molecular complexity index is 2590. The molecular weight excluding hydrogens is 929 g/mol. The summed E-state index contributed by atoms with van der Waals surface area (Å²) >= 11 is 7.38. The average molecular weight is 991 g/mol. The standard InChI is InChI=1S/C52H62N8O8S2/c1-33-26-38(18-19-41(33)53-7)59-49(66)52(5,6)60(50(59)69)37-16-14-36(15-17-37)47(64)57-22-20-40(21-23-57)68-25-9-8-24-67-31-44(62)56-45(51(2,3)4)48(65)58-30-39(61)27-42(58)46(63)55-28-34-10-12-35(13-11-34)43-29-54-32-70-43/h10-19,26,29,32,39-40,42,45,61H,8-9,20-25,27-28,30-31H2,1-6H3,(H,55,63)(H,56,62)/t39-,42+,45-/m1/s1. The van der Waals surface area contributed by atoms with Gasteiger partial charge in [-0.3, -0.25) is 33.9 Å². The van der Waals surface area contributed by atoms with Gasteiger partial charge in [0.2, 0.25) is 17.7 Å². The van der Waals surface area contributed by atoms with Gasteiger partial charge in [-0.05, 0) is 117 Å². The number of nitrogens with zero attached hydrogens (tertiary/aromatic N) is 6. The molecule has 1 aromatic heterocycles. The van der Waals surface area contributed by atoms with Crippen LogP contribution in [0.1, 0.15) is 88.2 Å². The third kappa shape index (κ3) is 11.9. The first kappa shape index (κ1) is 51.7. The number of aryl methyl sites for hydroxylation is 1. The SMILES string of the molecule is [C-]#[N+]c1ccc(N2C(=O)C(C)(C)N(c3ccc(C(=O)N4CCC(OCCCCOCC(=O)N[C@H](C(=O)N5C[C@H](O)C[C@H]5C(=O)NCc5ccc(-c6cncs6)cc5)C(C)(C)C)CC4)cc3)C2=S)cc1C. The number of ether oxygens (including phenoxy) is 2. The number of rotatable bonds is 17. The Kier molecular flexibility index (Phi) is 16.5. The molecule has 0 spiro atoms. The molecule has 4 heterocycles. The molecule has 3 saturated heterocycles. The summed E-state index contributed by atoms with van der Waals surface area (Å²) in [4.78, 5) is 82.9. The van der Waals surface area contributed by atoms with Crippen LogP contribution >= 0.6 is 23.6 Å². The average Bonchev–Trinajstić information content (AvgIpc) is 4.06. The summed E-state index contributed by atoms with van der Waals surface area (Å²) in [7, 11) is 0. The summed E-state index contributed by atoms with van der Waals surface area (Å²) in [6.45, 7) is 20.3. The van der Waals surface area contributed by atoms with Crippen LogP contribution < -0.4 is 20.4 Å². The molecule has 70 heavy (non-hydrogen) atoms. The molecule has 370 valence electrons. The number of thiazole rings is 1. The zero-order valence-corrected chi connectivity index (χ0v) is 42.2. The van der Waals surface area contributed by atoms with Gasteiger partial charge in [-0.15, -0.1) is 11.3 Å². The van der Waals surface area contributed by atoms with Gasteiger partial charge in [0.05, 0.1) is 29.2 Å². The summed E-state index contributed by atoms with van der Waals surface area (Å²) in [5.74, 6) is -1.53. The number of hydrogen-bond acceptors (Lipinski definition) is 11. The van der Waals surface area contributed by atoms with Gasteiger partial charge in [-0.2, -0.15) is 0 Å². The van der Waals surface area contributed by atoms with E-state index in [9.17, 15) is 29.1 Å². The molecule has 4 aromatic rings. The molecule has 0 radical (unpaired) electrons. The van der Waals surface area contributed by atoms with Crippen LogP contribution in [0, 0.1) is 18.9 Å². The van der Waals surface area contributed by atoms with Crippen molar-refractivity contribution < 1.29 is 38.6 Å². The van der Waals surface area contributed by atoms with E-state index < -0.39 is 41.0 Å². The third-order valence-electron chi connectivity index (χ3n) is 13.0. The number of nitrogens with one attached hydrogen (secondary N) is 2. The Labute approximate surface area is 419 Å². The summed E-state index contributed by atoms with van der Waals surface area (Å²) in [6.07, 6.45) is 3.80. The lowest BCUT2D eigenvalue weighted by Gasteiger charge is -2.35. The molecule has 3 atom stereocenters. The van der Waals surface area contributed by atoms with Crippen molar-refractivity contribution in [3.05, 3.63) is 107 Å². The van der Waals surface area contributed by atoms with Crippen molar-refractivity contribution in [2.75, 3.05) is 49.3 Å². The molecule has 18 heteroatoms. The summed E-state index contributed by atoms with van der Waals surface area (Å²) < 4.78 is 11.8. The molecule has 0 aliphatic carbocycles. The lowest BCUT2D eigenvalue weighted by molar-refractivity contribution is -0.144. The monoisotopic (exact) mass is 990 g/mol. The van der Waals surface area contributed by atoms with Gasteiger partial charge < -0.3 is 39.9 Å². The van der Waals surface area contributed by atoms with Crippen LogP contribution in [0.3, 0.4) is 0 Å². The Morgan fingerprint density at radius 3 is 2.33 bits per heavy atom. The van der Waals surface area contributed by atoms with E-state index in [1.807, 2.05) is 82.8 Å². The highest BCUT2D eigenvalue weighted by Gasteiger charge is 2.50. The quantitative estimate of drug-likeness (QED) is 0.0575. The number of benzene rings is 3. The van der Waals surface area contributed by atoms with E-state index >= 15 is 0 Å². The Hall–Kier alpha value is -6.10.